The topological polar surface area (TPSA) is 46.2 Å². The Bertz CT molecular complexity index is 831. The first kappa shape index (κ1) is 15.3. The molecule has 0 atom stereocenters. The molecule has 0 aliphatic carbocycles. The number of halogens is 3. The van der Waals surface area contributed by atoms with Crippen LogP contribution in [0.5, 0.6) is 0 Å². The Morgan fingerprint density at radius 3 is 2.59 bits per heavy atom. The number of benzene rings is 2. The summed E-state index contributed by atoms with van der Waals surface area (Å²) in [6.07, 6.45) is 0.270. The number of aryl methyl sites for hydroxylation is 1. The summed E-state index contributed by atoms with van der Waals surface area (Å²) in [6, 6.07) is 6.43. The monoisotopic (exact) mass is 353 g/mol. The van der Waals surface area contributed by atoms with Gasteiger partial charge in [-0.25, -0.2) is 0 Å². The van der Waals surface area contributed by atoms with Crippen LogP contribution in [-0.4, -0.2) is 11.7 Å². The molecule has 0 spiro atoms. The third-order valence-corrected chi connectivity index (χ3v) is 4.65. The Balaban J connectivity index is 2.16. The fraction of sp³-hybridized carbons (Fsp3) is 0.125. The minimum absolute atomic E-state index is 0.131. The molecule has 1 aliphatic heterocycles. The standard InChI is InChI=1S/C16H10Cl3NO2/c1-7-2-3-9(15-10(7)6-13(21)20-15)16(22)11-4-8(17)5-12(18)14(11)19/h2-5H,6H2,1H3,(H,20,21). The second-order valence-electron chi connectivity index (χ2n) is 5.09. The van der Waals surface area contributed by atoms with Crippen molar-refractivity contribution in [3.05, 3.63) is 61.6 Å². The molecule has 1 heterocycles. The smallest absolute Gasteiger partial charge is 0.228 e. The first-order valence-corrected chi connectivity index (χ1v) is 7.63. The third-order valence-electron chi connectivity index (χ3n) is 3.63. The average Bonchev–Trinajstić information content (AvgIpc) is 2.85. The number of carbonyl (C=O) groups excluding carboxylic acids is 2. The van der Waals surface area contributed by atoms with Crippen LogP contribution in [0.25, 0.3) is 0 Å². The molecule has 0 radical (unpaired) electrons. The minimum atomic E-state index is -0.326. The Labute approximate surface area is 142 Å². The average molecular weight is 355 g/mol. The van der Waals surface area contributed by atoms with Gasteiger partial charge in [-0.2, -0.15) is 0 Å². The highest BCUT2D eigenvalue weighted by atomic mass is 35.5. The van der Waals surface area contributed by atoms with Gasteiger partial charge in [-0.05, 0) is 36.2 Å². The van der Waals surface area contributed by atoms with E-state index in [1.807, 2.05) is 13.0 Å². The van der Waals surface area contributed by atoms with Crippen molar-refractivity contribution in [2.75, 3.05) is 5.32 Å². The molecule has 22 heavy (non-hydrogen) atoms. The number of hydrogen-bond donors (Lipinski definition) is 1. The Morgan fingerprint density at radius 1 is 1.14 bits per heavy atom. The van der Waals surface area contributed by atoms with Crippen molar-refractivity contribution in [1.82, 2.24) is 0 Å². The van der Waals surface area contributed by atoms with Crippen molar-refractivity contribution < 1.29 is 9.59 Å². The summed E-state index contributed by atoms with van der Waals surface area (Å²) in [5, 5.41) is 3.42. The van der Waals surface area contributed by atoms with Gasteiger partial charge in [0.2, 0.25) is 5.91 Å². The van der Waals surface area contributed by atoms with Gasteiger partial charge in [-0.3, -0.25) is 9.59 Å². The van der Waals surface area contributed by atoms with E-state index in [1.54, 1.807) is 6.07 Å². The summed E-state index contributed by atoms with van der Waals surface area (Å²) in [6.45, 7) is 1.90. The molecule has 1 amide bonds. The molecular formula is C16H10Cl3NO2. The van der Waals surface area contributed by atoms with E-state index >= 15 is 0 Å². The van der Waals surface area contributed by atoms with Gasteiger partial charge in [0.25, 0.3) is 0 Å². The lowest BCUT2D eigenvalue weighted by Gasteiger charge is -2.11. The van der Waals surface area contributed by atoms with Crippen molar-refractivity contribution >= 4 is 52.2 Å². The van der Waals surface area contributed by atoms with Crippen molar-refractivity contribution in [1.29, 1.82) is 0 Å². The van der Waals surface area contributed by atoms with Crippen molar-refractivity contribution in [2.24, 2.45) is 0 Å². The molecule has 1 N–H and O–H groups in total. The van der Waals surface area contributed by atoms with Crippen LogP contribution in [0.1, 0.15) is 27.0 Å². The summed E-state index contributed by atoms with van der Waals surface area (Å²) in [7, 11) is 0. The number of fused-ring (bicyclic) bond motifs is 1. The van der Waals surface area contributed by atoms with Crippen molar-refractivity contribution in [3.63, 3.8) is 0 Å². The van der Waals surface area contributed by atoms with E-state index < -0.39 is 0 Å². The van der Waals surface area contributed by atoms with Crippen LogP contribution < -0.4 is 5.32 Å². The molecule has 3 nitrogen and oxygen atoms in total. The molecule has 3 rings (SSSR count). The number of rotatable bonds is 2. The van der Waals surface area contributed by atoms with Crippen molar-refractivity contribution in [3.8, 4) is 0 Å². The van der Waals surface area contributed by atoms with Gasteiger partial charge in [0.05, 0.1) is 22.2 Å². The van der Waals surface area contributed by atoms with Crippen LogP contribution in [0.3, 0.4) is 0 Å². The van der Waals surface area contributed by atoms with Gasteiger partial charge in [-0.1, -0.05) is 40.9 Å². The lowest BCUT2D eigenvalue weighted by atomic mass is 9.96. The molecule has 0 aromatic heterocycles. The first-order chi connectivity index (χ1) is 10.4. The number of amides is 1. The predicted molar refractivity (Wildman–Crippen MR) is 88.4 cm³/mol. The molecule has 0 bridgehead atoms. The zero-order chi connectivity index (χ0) is 16.0. The first-order valence-electron chi connectivity index (χ1n) is 6.50. The molecule has 1 aliphatic rings. The minimum Gasteiger partial charge on any atom is -0.325 e. The van der Waals surface area contributed by atoms with E-state index in [0.29, 0.717) is 16.3 Å². The molecule has 112 valence electrons. The lowest BCUT2D eigenvalue weighted by molar-refractivity contribution is -0.115. The predicted octanol–water partition coefficient (Wildman–Crippen LogP) is 4.68. The second-order valence-corrected chi connectivity index (χ2v) is 6.31. The molecule has 0 saturated heterocycles. The molecule has 0 fully saturated rings. The van der Waals surface area contributed by atoms with Crippen LogP contribution in [0.15, 0.2) is 24.3 Å². The molecule has 2 aromatic carbocycles. The van der Waals surface area contributed by atoms with Gasteiger partial charge >= 0.3 is 0 Å². The fourth-order valence-corrected chi connectivity index (χ4v) is 3.21. The van der Waals surface area contributed by atoms with E-state index in [9.17, 15) is 9.59 Å². The SMILES string of the molecule is Cc1ccc(C(=O)c2cc(Cl)cc(Cl)c2Cl)c2c1CC(=O)N2. The Kier molecular flexibility index (Phi) is 3.89. The summed E-state index contributed by atoms with van der Waals surface area (Å²) in [5.74, 6) is -0.457. The highest BCUT2D eigenvalue weighted by molar-refractivity contribution is 6.45. The maximum Gasteiger partial charge on any atom is 0.228 e. The van der Waals surface area contributed by atoms with Crippen LogP contribution in [0, 0.1) is 6.92 Å². The number of carbonyl (C=O) groups is 2. The summed E-state index contributed by atoms with van der Waals surface area (Å²) in [5.41, 5.74) is 2.93. The number of ketones is 1. The molecule has 2 aromatic rings. The van der Waals surface area contributed by atoms with Gasteiger partial charge in [0.1, 0.15) is 0 Å². The fourth-order valence-electron chi connectivity index (χ4n) is 2.52. The Morgan fingerprint density at radius 2 is 1.86 bits per heavy atom. The summed E-state index contributed by atoms with van der Waals surface area (Å²) >= 11 is 18.1. The zero-order valence-corrected chi connectivity index (χ0v) is 13.7. The van der Waals surface area contributed by atoms with E-state index in [-0.39, 0.29) is 33.7 Å². The normalized spacial score (nSPS) is 13.0. The van der Waals surface area contributed by atoms with E-state index in [0.717, 1.165) is 11.1 Å². The van der Waals surface area contributed by atoms with Gasteiger partial charge < -0.3 is 5.32 Å². The van der Waals surface area contributed by atoms with Crippen LogP contribution >= 0.6 is 34.8 Å². The van der Waals surface area contributed by atoms with E-state index in [4.69, 9.17) is 34.8 Å². The second kappa shape index (κ2) is 5.58. The summed E-state index contributed by atoms with van der Waals surface area (Å²) < 4.78 is 0. The highest BCUT2D eigenvalue weighted by Gasteiger charge is 2.27. The van der Waals surface area contributed by atoms with Crippen molar-refractivity contribution in [2.45, 2.75) is 13.3 Å². The molecule has 0 unspecified atom stereocenters. The molecule has 0 saturated carbocycles. The number of nitrogens with one attached hydrogen (secondary N) is 1. The van der Waals surface area contributed by atoms with E-state index in [1.165, 1.54) is 12.1 Å². The quantitative estimate of drug-likeness (QED) is 0.628. The van der Waals surface area contributed by atoms with Crippen LogP contribution in [0.4, 0.5) is 5.69 Å². The number of anilines is 1. The highest BCUT2D eigenvalue weighted by Crippen LogP contribution is 2.35. The maximum atomic E-state index is 12.8. The molecule has 6 heteroatoms. The van der Waals surface area contributed by atoms with Gasteiger partial charge in [0.15, 0.2) is 5.78 Å². The number of hydrogen-bond acceptors (Lipinski definition) is 2. The van der Waals surface area contributed by atoms with Crippen LogP contribution in [-0.2, 0) is 11.2 Å². The summed E-state index contributed by atoms with van der Waals surface area (Å²) in [4.78, 5) is 24.4. The van der Waals surface area contributed by atoms with Crippen LogP contribution in [0.2, 0.25) is 15.1 Å². The van der Waals surface area contributed by atoms with E-state index in [2.05, 4.69) is 5.32 Å². The van der Waals surface area contributed by atoms with Gasteiger partial charge in [0, 0.05) is 16.1 Å². The lowest BCUT2D eigenvalue weighted by Crippen LogP contribution is -2.09. The largest absolute Gasteiger partial charge is 0.325 e. The molecular weight excluding hydrogens is 345 g/mol. The zero-order valence-electron chi connectivity index (χ0n) is 11.5. The van der Waals surface area contributed by atoms with Gasteiger partial charge in [-0.15, -0.1) is 0 Å². The third kappa shape index (κ3) is 2.50. The Hall–Kier alpha value is -1.55. The maximum absolute atomic E-state index is 12.8.